The molecule has 0 heterocycles. The lowest BCUT2D eigenvalue weighted by Gasteiger charge is -2.27. The Kier molecular flexibility index (Phi) is 4.62. The average Bonchev–Trinajstić information content (AvgIpc) is 2.22. The van der Waals surface area contributed by atoms with Crippen molar-refractivity contribution in [3.63, 3.8) is 0 Å². The molecule has 1 atom stereocenters. The second-order valence-corrected chi connectivity index (χ2v) is 5.00. The summed E-state index contributed by atoms with van der Waals surface area (Å²) in [5, 5.41) is 0.795. The number of hydrogen-bond donors (Lipinski definition) is 1. The topological polar surface area (TPSA) is 26.0 Å². The summed E-state index contributed by atoms with van der Waals surface area (Å²) in [7, 11) is 0. The van der Waals surface area contributed by atoms with Crippen molar-refractivity contribution >= 4 is 11.6 Å². The Morgan fingerprint density at radius 2 is 1.87 bits per heavy atom. The molecule has 0 spiro atoms. The molecule has 2 heteroatoms. The summed E-state index contributed by atoms with van der Waals surface area (Å²) < 4.78 is 0. The second-order valence-electron chi connectivity index (χ2n) is 4.57. The van der Waals surface area contributed by atoms with Crippen LogP contribution in [0.25, 0.3) is 0 Å². The van der Waals surface area contributed by atoms with Gasteiger partial charge in [-0.05, 0) is 42.5 Å². The molecule has 0 radical (unpaired) electrons. The fourth-order valence-electron chi connectivity index (χ4n) is 1.96. The van der Waals surface area contributed by atoms with E-state index in [-0.39, 0.29) is 5.41 Å². The van der Waals surface area contributed by atoms with Gasteiger partial charge in [0.1, 0.15) is 0 Å². The first-order valence-electron chi connectivity index (χ1n) is 5.54. The van der Waals surface area contributed by atoms with Crippen molar-refractivity contribution in [2.45, 2.75) is 33.1 Å². The first-order valence-corrected chi connectivity index (χ1v) is 5.92. The standard InChI is InChI=1S/C13H20ClN/c1-3-8-13(2,10-15)9-11-4-6-12(14)7-5-11/h4-7H,3,8-10,15H2,1-2H3. The number of hydrogen-bond acceptors (Lipinski definition) is 1. The molecular formula is C13H20ClN. The van der Waals surface area contributed by atoms with Crippen LogP contribution < -0.4 is 5.73 Å². The van der Waals surface area contributed by atoms with E-state index < -0.39 is 0 Å². The molecule has 0 aromatic heterocycles. The van der Waals surface area contributed by atoms with Crippen molar-refractivity contribution in [1.82, 2.24) is 0 Å². The predicted molar refractivity (Wildman–Crippen MR) is 67.2 cm³/mol. The van der Waals surface area contributed by atoms with Crippen molar-refractivity contribution in [3.05, 3.63) is 34.9 Å². The Labute approximate surface area is 97.6 Å². The molecule has 1 aromatic rings. The number of benzene rings is 1. The zero-order chi connectivity index (χ0) is 11.3. The summed E-state index contributed by atoms with van der Waals surface area (Å²) >= 11 is 5.85. The molecule has 84 valence electrons. The molecular weight excluding hydrogens is 206 g/mol. The van der Waals surface area contributed by atoms with Crippen LogP contribution in [0.3, 0.4) is 0 Å². The van der Waals surface area contributed by atoms with E-state index in [0.717, 1.165) is 18.0 Å². The lowest BCUT2D eigenvalue weighted by atomic mass is 9.80. The molecule has 0 bridgehead atoms. The van der Waals surface area contributed by atoms with E-state index in [9.17, 15) is 0 Å². The highest BCUT2D eigenvalue weighted by molar-refractivity contribution is 6.30. The Bertz CT molecular complexity index is 294. The zero-order valence-corrected chi connectivity index (χ0v) is 10.3. The summed E-state index contributed by atoms with van der Waals surface area (Å²) in [6.07, 6.45) is 3.39. The first kappa shape index (κ1) is 12.5. The van der Waals surface area contributed by atoms with Gasteiger partial charge in [0.05, 0.1) is 0 Å². The highest BCUT2D eigenvalue weighted by Crippen LogP contribution is 2.27. The summed E-state index contributed by atoms with van der Waals surface area (Å²) in [6, 6.07) is 8.07. The Hall–Kier alpha value is -0.530. The van der Waals surface area contributed by atoms with Crippen LogP contribution in [0.15, 0.2) is 24.3 Å². The van der Waals surface area contributed by atoms with Gasteiger partial charge in [0.2, 0.25) is 0 Å². The van der Waals surface area contributed by atoms with Crippen LogP contribution in [-0.4, -0.2) is 6.54 Å². The molecule has 1 nitrogen and oxygen atoms in total. The van der Waals surface area contributed by atoms with Crippen LogP contribution in [0.5, 0.6) is 0 Å². The quantitative estimate of drug-likeness (QED) is 0.814. The minimum Gasteiger partial charge on any atom is -0.330 e. The third-order valence-electron chi connectivity index (χ3n) is 2.89. The minimum absolute atomic E-state index is 0.225. The van der Waals surface area contributed by atoms with E-state index in [0.29, 0.717) is 0 Å². The SMILES string of the molecule is CCCC(C)(CN)Cc1ccc(Cl)cc1. The van der Waals surface area contributed by atoms with Crippen LogP contribution in [0, 0.1) is 5.41 Å². The number of rotatable bonds is 5. The smallest absolute Gasteiger partial charge is 0.0406 e. The van der Waals surface area contributed by atoms with E-state index in [1.54, 1.807) is 0 Å². The lowest BCUT2D eigenvalue weighted by molar-refractivity contribution is 0.302. The summed E-state index contributed by atoms with van der Waals surface area (Å²) in [5.74, 6) is 0. The molecule has 0 aliphatic heterocycles. The molecule has 2 N–H and O–H groups in total. The van der Waals surface area contributed by atoms with Crippen LogP contribution >= 0.6 is 11.6 Å². The molecule has 0 amide bonds. The molecule has 1 rings (SSSR count). The van der Waals surface area contributed by atoms with E-state index >= 15 is 0 Å². The summed E-state index contributed by atoms with van der Waals surface area (Å²) in [4.78, 5) is 0. The van der Waals surface area contributed by atoms with E-state index in [4.69, 9.17) is 17.3 Å². The van der Waals surface area contributed by atoms with Crippen LogP contribution in [0.4, 0.5) is 0 Å². The van der Waals surface area contributed by atoms with Gasteiger partial charge in [-0.2, -0.15) is 0 Å². The van der Waals surface area contributed by atoms with Gasteiger partial charge >= 0.3 is 0 Å². The molecule has 0 saturated carbocycles. The summed E-state index contributed by atoms with van der Waals surface area (Å²) in [5.41, 5.74) is 7.39. The normalized spacial score (nSPS) is 14.9. The monoisotopic (exact) mass is 225 g/mol. The molecule has 1 aromatic carbocycles. The number of nitrogens with two attached hydrogens (primary N) is 1. The van der Waals surface area contributed by atoms with Crippen molar-refractivity contribution in [2.75, 3.05) is 6.54 Å². The maximum atomic E-state index is 5.85. The van der Waals surface area contributed by atoms with Gasteiger partial charge in [0.25, 0.3) is 0 Å². The largest absolute Gasteiger partial charge is 0.330 e. The van der Waals surface area contributed by atoms with Crippen molar-refractivity contribution in [2.24, 2.45) is 11.1 Å². The van der Waals surface area contributed by atoms with Gasteiger partial charge in [-0.1, -0.05) is 44.0 Å². The van der Waals surface area contributed by atoms with Gasteiger partial charge in [-0.3, -0.25) is 0 Å². The van der Waals surface area contributed by atoms with Gasteiger partial charge in [0.15, 0.2) is 0 Å². The minimum atomic E-state index is 0.225. The maximum Gasteiger partial charge on any atom is 0.0406 e. The van der Waals surface area contributed by atoms with Gasteiger partial charge < -0.3 is 5.73 Å². The Morgan fingerprint density at radius 3 is 2.33 bits per heavy atom. The van der Waals surface area contributed by atoms with E-state index in [2.05, 4.69) is 26.0 Å². The lowest BCUT2D eigenvalue weighted by Crippen LogP contribution is -2.29. The predicted octanol–water partition coefficient (Wildman–Crippen LogP) is 3.65. The third kappa shape index (κ3) is 3.84. The van der Waals surface area contributed by atoms with E-state index in [1.165, 1.54) is 18.4 Å². The molecule has 0 aliphatic carbocycles. The highest BCUT2D eigenvalue weighted by Gasteiger charge is 2.21. The molecule has 0 fully saturated rings. The third-order valence-corrected chi connectivity index (χ3v) is 3.14. The summed E-state index contributed by atoms with van der Waals surface area (Å²) in [6.45, 7) is 5.20. The van der Waals surface area contributed by atoms with Crippen LogP contribution in [0.1, 0.15) is 32.3 Å². The maximum absolute atomic E-state index is 5.85. The van der Waals surface area contributed by atoms with Gasteiger partial charge in [-0.25, -0.2) is 0 Å². The Morgan fingerprint density at radius 1 is 1.27 bits per heavy atom. The molecule has 0 aliphatic rings. The fraction of sp³-hybridized carbons (Fsp3) is 0.538. The molecule has 1 unspecified atom stereocenters. The first-order chi connectivity index (χ1) is 7.09. The van der Waals surface area contributed by atoms with Crippen molar-refractivity contribution < 1.29 is 0 Å². The van der Waals surface area contributed by atoms with Crippen LogP contribution in [0.2, 0.25) is 5.02 Å². The van der Waals surface area contributed by atoms with E-state index in [1.807, 2.05) is 12.1 Å². The van der Waals surface area contributed by atoms with Crippen molar-refractivity contribution in [1.29, 1.82) is 0 Å². The van der Waals surface area contributed by atoms with Gasteiger partial charge in [-0.15, -0.1) is 0 Å². The molecule has 15 heavy (non-hydrogen) atoms. The molecule has 0 saturated heterocycles. The fourth-order valence-corrected chi connectivity index (χ4v) is 2.09. The highest BCUT2D eigenvalue weighted by atomic mass is 35.5. The number of halogens is 1. The second kappa shape index (κ2) is 5.53. The van der Waals surface area contributed by atoms with Crippen molar-refractivity contribution in [3.8, 4) is 0 Å². The van der Waals surface area contributed by atoms with Crippen LogP contribution in [-0.2, 0) is 6.42 Å². The Balaban J connectivity index is 2.70. The zero-order valence-electron chi connectivity index (χ0n) is 9.59. The average molecular weight is 226 g/mol. The van der Waals surface area contributed by atoms with Gasteiger partial charge in [0, 0.05) is 5.02 Å².